The van der Waals surface area contributed by atoms with Gasteiger partial charge in [-0.3, -0.25) is 0 Å². The van der Waals surface area contributed by atoms with Crippen LogP contribution in [-0.4, -0.2) is 0 Å². The van der Waals surface area contributed by atoms with Crippen molar-refractivity contribution in [3.63, 3.8) is 0 Å². The molecule has 1 aromatic rings. The quantitative estimate of drug-likeness (QED) is 0.586. The van der Waals surface area contributed by atoms with Crippen LogP contribution >= 0.6 is 0 Å². The van der Waals surface area contributed by atoms with Gasteiger partial charge in [0.25, 0.3) is 0 Å². The molecule has 0 saturated heterocycles. The summed E-state index contributed by atoms with van der Waals surface area (Å²) in [6.45, 7) is 8.23. The number of hydrogen-bond donors (Lipinski definition) is 0. The SMILES string of the molecule is C=CCC[C](CCC)c1ccccc1C. The molecular formula is C15H21. The van der Waals surface area contributed by atoms with E-state index in [4.69, 9.17) is 0 Å². The molecule has 1 radical (unpaired) electrons. The summed E-state index contributed by atoms with van der Waals surface area (Å²) in [4.78, 5) is 0. The summed E-state index contributed by atoms with van der Waals surface area (Å²) in [5, 5.41) is 0. The van der Waals surface area contributed by atoms with E-state index in [9.17, 15) is 0 Å². The molecule has 0 unspecified atom stereocenters. The summed E-state index contributed by atoms with van der Waals surface area (Å²) in [6.07, 6.45) is 6.68. The van der Waals surface area contributed by atoms with Crippen molar-refractivity contribution in [2.24, 2.45) is 0 Å². The van der Waals surface area contributed by atoms with Crippen LogP contribution in [0.5, 0.6) is 0 Å². The Morgan fingerprint density at radius 1 is 1.27 bits per heavy atom. The van der Waals surface area contributed by atoms with Gasteiger partial charge in [0.2, 0.25) is 0 Å². The Morgan fingerprint density at radius 3 is 2.60 bits per heavy atom. The second-order valence-electron chi connectivity index (χ2n) is 4.00. The standard InChI is InChI=1S/C15H21/c1-4-6-11-14(9-5-2)15-12-8-7-10-13(15)3/h4,7-8,10,12H,1,5-6,9,11H2,2-3H3. The summed E-state index contributed by atoms with van der Waals surface area (Å²) < 4.78 is 0. The zero-order valence-electron chi connectivity index (χ0n) is 9.92. The van der Waals surface area contributed by atoms with Crippen LogP contribution in [0.4, 0.5) is 0 Å². The van der Waals surface area contributed by atoms with Crippen molar-refractivity contribution < 1.29 is 0 Å². The number of benzene rings is 1. The first kappa shape index (κ1) is 12.0. The monoisotopic (exact) mass is 201 g/mol. The van der Waals surface area contributed by atoms with Crippen molar-refractivity contribution in [2.45, 2.75) is 39.5 Å². The van der Waals surface area contributed by atoms with Crippen LogP contribution < -0.4 is 0 Å². The van der Waals surface area contributed by atoms with Gasteiger partial charge in [0.1, 0.15) is 0 Å². The fraction of sp³-hybridized carbons (Fsp3) is 0.400. The highest BCUT2D eigenvalue weighted by Crippen LogP contribution is 2.27. The summed E-state index contributed by atoms with van der Waals surface area (Å²) in [5.41, 5.74) is 2.84. The van der Waals surface area contributed by atoms with Crippen molar-refractivity contribution in [1.29, 1.82) is 0 Å². The van der Waals surface area contributed by atoms with E-state index in [1.807, 2.05) is 6.08 Å². The molecule has 0 nitrogen and oxygen atoms in total. The first-order valence-electron chi connectivity index (χ1n) is 5.81. The van der Waals surface area contributed by atoms with Crippen LogP contribution in [-0.2, 0) is 0 Å². The van der Waals surface area contributed by atoms with Gasteiger partial charge >= 0.3 is 0 Å². The zero-order chi connectivity index (χ0) is 11.1. The van der Waals surface area contributed by atoms with Gasteiger partial charge in [0.15, 0.2) is 0 Å². The average molecular weight is 201 g/mol. The molecule has 1 rings (SSSR count). The molecule has 0 fully saturated rings. The summed E-state index contributed by atoms with van der Waals surface area (Å²) in [6, 6.07) is 8.67. The first-order chi connectivity index (χ1) is 7.29. The molecule has 0 aliphatic rings. The molecule has 0 atom stereocenters. The van der Waals surface area contributed by atoms with Gasteiger partial charge in [-0.1, -0.05) is 43.7 Å². The molecule has 0 spiro atoms. The molecule has 0 heterocycles. The maximum atomic E-state index is 3.80. The topological polar surface area (TPSA) is 0 Å². The lowest BCUT2D eigenvalue weighted by Gasteiger charge is -2.17. The minimum absolute atomic E-state index is 1.09. The van der Waals surface area contributed by atoms with Crippen LogP contribution in [0, 0.1) is 12.8 Å². The molecule has 0 saturated carbocycles. The maximum absolute atomic E-state index is 3.80. The van der Waals surface area contributed by atoms with Gasteiger partial charge in [-0.15, -0.1) is 6.58 Å². The predicted molar refractivity (Wildman–Crippen MR) is 67.9 cm³/mol. The zero-order valence-corrected chi connectivity index (χ0v) is 9.92. The fourth-order valence-corrected chi connectivity index (χ4v) is 1.94. The Morgan fingerprint density at radius 2 is 2.00 bits per heavy atom. The number of hydrogen-bond acceptors (Lipinski definition) is 0. The summed E-state index contributed by atoms with van der Waals surface area (Å²) in [7, 11) is 0. The molecule has 15 heavy (non-hydrogen) atoms. The normalized spacial score (nSPS) is 10.6. The Labute approximate surface area is 94.0 Å². The second kappa shape index (κ2) is 6.44. The molecule has 1 aromatic carbocycles. The van der Waals surface area contributed by atoms with Gasteiger partial charge in [-0.25, -0.2) is 0 Å². The molecule has 0 aromatic heterocycles. The lowest BCUT2D eigenvalue weighted by molar-refractivity contribution is 0.739. The Balaban J connectivity index is 2.78. The minimum atomic E-state index is 1.09. The fourth-order valence-electron chi connectivity index (χ4n) is 1.94. The third-order valence-electron chi connectivity index (χ3n) is 2.73. The van der Waals surface area contributed by atoms with Crippen LogP contribution in [0.2, 0.25) is 0 Å². The van der Waals surface area contributed by atoms with Gasteiger partial charge in [-0.2, -0.15) is 0 Å². The number of aryl methyl sites for hydroxylation is 1. The van der Waals surface area contributed by atoms with E-state index in [1.165, 1.54) is 24.0 Å². The maximum Gasteiger partial charge on any atom is 0.00554 e. The number of allylic oxidation sites excluding steroid dienone is 1. The Kier molecular flexibility index (Phi) is 5.17. The molecule has 0 bridgehead atoms. The van der Waals surface area contributed by atoms with Crippen molar-refractivity contribution in [3.8, 4) is 0 Å². The minimum Gasteiger partial charge on any atom is -0.103 e. The van der Waals surface area contributed by atoms with E-state index >= 15 is 0 Å². The Bertz CT molecular complexity index is 299. The van der Waals surface area contributed by atoms with E-state index in [1.54, 1.807) is 5.92 Å². The molecule has 0 aliphatic heterocycles. The van der Waals surface area contributed by atoms with Crippen molar-refractivity contribution >= 4 is 0 Å². The molecule has 81 valence electrons. The van der Waals surface area contributed by atoms with Crippen LogP contribution in [0.1, 0.15) is 43.7 Å². The lowest BCUT2D eigenvalue weighted by atomic mass is 9.87. The third kappa shape index (κ3) is 3.54. The van der Waals surface area contributed by atoms with E-state index in [0.29, 0.717) is 0 Å². The largest absolute Gasteiger partial charge is 0.103 e. The van der Waals surface area contributed by atoms with Crippen molar-refractivity contribution in [3.05, 3.63) is 54.0 Å². The molecule has 0 N–H and O–H groups in total. The third-order valence-corrected chi connectivity index (χ3v) is 2.73. The van der Waals surface area contributed by atoms with Crippen LogP contribution in [0.25, 0.3) is 0 Å². The van der Waals surface area contributed by atoms with Gasteiger partial charge < -0.3 is 0 Å². The highest BCUT2D eigenvalue weighted by molar-refractivity contribution is 5.37. The lowest BCUT2D eigenvalue weighted by Crippen LogP contribution is -2.01. The highest BCUT2D eigenvalue weighted by Gasteiger charge is 2.11. The molecule has 0 aliphatic carbocycles. The second-order valence-corrected chi connectivity index (χ2v) is 4.00. The Hall–Kier alpha value is -1.04. The first-order valence-corrected chi connectivity index (χ1v) is 5.81. The smallest absolute Gasteiger partial charge is 0.00554 e. The van der Waals surface area contributed by atoms with Crippen LogP contribution in [0.3, 0.4) is 0 Å². The van der Waals surface area contributed by atoms with Gasteiger partial charge in [0.05, 0.1) is 0 Å². The van der Waals surface area contributed by atoms with E-state index in [0.717, 1.165) is 12.8 Å². The average Bonchev–Trinajstić information content (AvgIpc) is 2.25. The van der Waals surface area contributed by atoms with Gasteiger partial charge in [-0.05, 0) is 37.3 Å². The van der Waals surface area contributed by atoms with Gasteiger partial charge in [0, 0.05) is 5.92 Å². The van der Waals surface area contributed by atoms with Crippen LogP contribution in [0.15, 0.2) is 36.9 Å². The van der Waals surface area contributed by atoms with Crippen molar-refractivity contribution in [2.75, 3.05) is 0 Å². The summed E-state index contributed by atoms with van der Waals surface area (Å²) in [5.74, 6) is 1.58. The predicted octanol–water partition coefficient (Wildman–Crippen LogP) is 4.68. The van der Waals surface area contributed by atoms with E-state index in [-0.39, 0.29) is 0 Å². The molecule has 0 heteroatoms. The van der Waals surface area contributed by atoms with E-state index in [2.05, 4.69) is 44.7 Å². The van der Waals surface area contributed by atoms with Crippen molar-refractivity contribution in [1.82, 2.24) is 0 Å². The summed E-state index contributed by atoms with van der Waals surface area (Å²) >= 11 is 0. The highest BCUT2D eigenvalue weighted by atomic mass is 14.2. The molecular weight excluding hydrogens is 180 g/mol. The number of rotatable bonds is 6. The van der Waals surface area contributed by atoms with E-state index < -0.39 is 0 Å². The molecule has 0 amide bonds.